The van der Waals surface area contributed by atoms with E-state index in [-0.39, 0.29) is 24.2 Å². The maximum absolute atomic E-state index is 12.1. The smallest absolute Gasteiger partial charge is 0.331 e. The number of nitro benzene ring substituents is 1. The topological polar surface area (TPSA) is 122 Å². The highest BCUT2D eigenvalue weighted by Gasteiger charge is 2.17. The number of aromatic nitrogens is 1. The fraction of sp³-hybridized carbons (Fsp3) is 0.375. The molecule has 0 bridgehead atoms. The van der Waals surface area contributed by atoms with Gasteiger partial charge in [-0.3, -0.25) is 14.9 Å². The van der Waals surface area contributed by atoms with Crippen LogP contribution in [0, 0.1) is 10.1 Å². The number of rotatable bonds is 10. The summed E-state index contributed by atoms with van der Waals surface area (Å²) in [5.74, 6) is -0.830. The van der Waals surface area contributed by atoms with Gasteiger partial charge in [-0.25, -0.2) is 4.79 Å². The number of hydrogen-bond donors (Lipinski definition) is 0. The van der Waals surface area contributed by atoms with E-state index >= 15 is 0 Å². The van der Waals surface area contributed by atoms with Crippen LogP contribution in [0.15, 0.2) is 41.6 Å². The molecular weight excluding hydrogens is 442 g/mol. The van der Waals surface area contributed by atoms with Crippen LogP contribution in [0.5, 0.6) is 0 Å². The monoisotopic (exact) mass is 469 g/mol. The largest absolute Gasteiger partial charge is 0.460 e. The summed E-state index contributed by atoms with van der Waals surface area (Å²) in [5, 5.41) is 16.7. The number of non-ortho nitro benzene ring substituents is 1. The summed E-state index contributed by atoms with van der Waals surface area (Å²) >= 11 is 0. The number of nitro groups is 1. The fourth-order valence-corrected chi connectivity index (χ4v) is 3.79. The lowest BCUT2D eigenvalue weighted by atomic mass is 10.1. The van der Waals surface area contributed by atoms with Crippen molar-refractivity contribution < 1.29 is 28.8 Å². The number of benzene rings is 2. The molecule has 10 heteroatoms. The van der Waals surface area contributed by atoms with Crippen LogP contribution in [-0.2, 0) is 30.4 Å². The molecule has 0 saturated heterocycles. The van der Waals surface area contributed by atoms with Crippen LogP contribution >= 0.6 is 0 Å². The quantitative estimate of drug-likeness (QED) is 0.142. The van der Waals surface area contributed by atoms with Gasteiger partial charge in [0.05, 0.1) is 17.2 Å². The second kappa shape index (κ2) is 10.9. The summed E-state index contributed by atoms with van der Waals surface area (Å²) in [5.41, 5.74) is 2.87. The van der Waals surface area contributed by atoms with Crippen molar-refractivity contribution in [3.63, 3.8) is 0 Å². The molecule has 1 unspecified atom stereocenters. The van der Waals surface area contributed by atoms with Crippen LogP contribution in [-0.4, -0.2) is 47.0 Å². The average molecular weight is 469 g/mol. The summed E-state index contributed by atoms with van der Waals surface area (Å²) < 4.78 is 12.3. The van der Waals surface area contributed by atoms with Crippen molar-refractivity contribution in [2.24, 2.45) is 5.16 Å². The van der Waals surface area contributed by atoms with Gasteiger partial charge in [-0.1, -0.05) is 11.2 Å². The molecule has 1 atom stereocenters. The van der Waals surface area contributed by atoms with E-state index in [0.717, 1.165) is 22.0 Å². The van der Waals surface area contributed by atoms with Crippen molar-refractivity contribution in [2.75, 3.05) is 13.7 Å². The Bertz CT molecular complexity index is 1260. The molecule has 34 heavy (non-hydrogen) atoms. The van der Waals surface area contributed by atoms with Crippen LogP contribution in [0.4, 0.5) is 5.69 Å². The molecule has 2 aromatic carbocycles. The predicted molar refractivity (Wildman–Crippen MR) is 127 cm³/mol. The molecule has 0 N–H and O–H groups in total. The molecule has 0 saturated carbocycles. The molecular formula is C24H27N3O7. The molecule has 0 radical (unpaired) electrons. The van der Waals surface area contributed by atoms with Crippen LogP contribution in [0.3, 0.4) is 0 Å². The third-order valence-electron chi connectivity index (χ3n) is 5.28. The van der Waals surface area contributed by atoms with Gasteiger partial charge in [-0.15, -0.1) is 0 Å². The number of esters is 1. The van der Waals surface area contributed by atoms with E-state index < -0.39 is 10.9 Å². The minimum absolute atomic E-state index is 0.0158. The first-order valence-corrected chi connectivity index (χ1v) is 10.8. The van der Waals surface area contributed by atoms with Gasteiger partial charge in [-0.05, 0) is 44.0 Å². The van der Waals surface area contributed by atoms with Gasteiger partial charge in [0, 0.05) is 60.9 Å². The molecule has 0 aliphatic rings. The highest BCUT2D eigenvalue weighted by Crippen LogP contribution is 2.33. The van der Waals surface area contributed by atoms with E-state index in [0.29, 0.717) is 30.7 Å². The van der Waals surface area contributed by atoms with Gasteiger partial charge in [-0.2, -0.15) is 0 Å². The number of ether oxygens (including phenoxy) is 2. The average Bonchev–Trinajstić information content (AvgIpc) is 3.10. The molecule has 0 spiro atoms. The zero-order valence-corrected chi connectivity index (χ0v) is 19.6. The van der Waals surface area contributed by atoms with E-state index in [4.69, 9.17) is 14.3 Å². The summed E-state index contributed by atoms with van der Waals surface area (Å²) in [6, 6.07) is 10.3. The first-order valence-electron chi connectivity index (χ1n) is 10.8. The third kappa shape index (κ3) is 5.76. The Kier molecular flexibility index (Phi) is 7.95. The molecule has 0 aliphatic carbocycles. The predicted octanol–water partition coefficient (Wildman–Crippen LogP) is 4.35. The summed E-state index contributed by atoms with van der Waals surface area (Å²) in [7, 11) is 1.55. The van der Waals surface area contributed by atoms with Crippen LogP contribution in [0.25, 0.3) is 21.8 Å². The molecule has 10 nitrogen and oxygen atoms in total. The molecule has 0 amide bonds. The van der Waals surface area contributed by atoms with E-state index in [1.807, 2.05) is 22.8 Å². The second-order valence-electron chi connectivity index (χ2n) is 7.96. The van der Waals surface area contributed by atoms with Gasteiger partial charge in [0.15, 0.2) is 0 Å². The normalized spacial score (nSPS) is 12.6. The highest BCUT2D eigenvalue weighted by molar-refractivity contribution is 6.12. The zero-order chi connectivity index (χ0) is 24.8. The maximum atomic E-state index is 12.1. The Morgan fingerprint density at radius 3 is 2.44 bits per heavy atom. The molecule has 180 valence electrons. The minimum Gasteiger partial charge on any atom is -0.460 e. The van der Waals surface area contributed by atoms with Gasteiger partial charge in [0.25, 0.3) is 5.69 Å². The lowest BCUT2D eigenvalue weighted by Crippen LogP contribution is -2.19. The van der Waals surface area contributed by atoms with Crippen molar-refractivity contribution in [2.45, 2.75) is 46.3 Å². The first-order chi connectivity index (χ1) is 16.2. The molecule has 1 heterocycles. The summed E-state index contributed by atoms with van der Waals surface area (Å²) in [6.07, 6.45) is 0.443. The number of fused-ring (bicyclic) bond motifs is 3. The molecule has 1 aromatic heterocycles. The third-order valence-corrected chi connectivity index (χ3v) is 5.28. The number of oxime groups is 1. The summed E-state index contributed by atoms with van der Waals surface area (Å²) in [4.78, 5) is 38.9. The lowest BCUT2D eigenvalue weighted by molar-refractivity contribution is -0.384. The summed E-state index contributed by atoms with van der Waals surface area (Å²) in [6.45, 7) is 5.60. The lowest BCUT2D eigenvalue weighted by Gasteiger charge is -2.12. The van der Waals surface area contributed by atoms with E-state index in [1.165, 1.54) is 19.1 Å². The first kappa shape index (κ1) is 24.8. The van der Waals surface area contributed by atoms with Crippen molar-refractivity contribution in [3.8, 4) is 0 Å². The van der Waals surface area contributed by atoms with E-state index in [2.05, 4.69) is 5.16 Å². The Morgan fingerprint density at radius 1 is 1.12 bits per heavy atom. The number of hydrogen-bond acceptors (Lipinski definition) is 8. The Balaban J connectivity index is 1.95. The van der Waals surface area contributed by atoms with Crippen molar-refractivity contribution in [1.82, 2.24) is 4.57 Å². The van der Waals surface area contributed by atoms with Crippen LogP contribution < -0.4 is 0 Å². The number of nitrogens with zero attached hydrogens (tertiary/aromatic N) is 3. The SMILES string of the molecule is COCC(C)OC(=O)CCCn1c2ccc(/C(C)=N/OC(C)=O)cc2c2cc([N+](=O)[O-])ccc21. The van der Waals surface area contributed by atoms with Crippen molar-refractivity contribution in [1.29, 1.82) is 0 Å². The minimum atomic E-state index is -0.525. The molecule has 0 fully saturated rings. The Morgan fingerprint density at radius 2 is 1.79 bits per heavy atom. The molecule has 0 aliphatic heterocycles. The van der Waals surface area contributed by atoms with Gasteiger partial charge < -0.3 is 18.9 Å². The van der Waals surface area contributed by atoms with Crippen molar-refractivity contribution >= 4 is 45.1 Å². The number of methoxy groups -OCH3 is 1. The van der Waals surface area contributed by atoms with Crippen LogP contribution in [0.2, 0.25) is 0 Å². The molecule has 3 aromatic rings. The number of carbonyl (C=O) groups is 2. The van der Waals surface area contributed by atoms with Gasteiger partial charge in [0.1, 0.15) is 6.10 Å². The standard InChI is InChI=1S/C24H27N3O7/c1-15(14-32-4)33-24(29)6-5-11-26-22-9-7-18(16(2)25-34-17(3)28)12-20(22)21-13-19(27(30)31)8-10-23(21)26/h7-10,12-13,15H,5-6,11,14H2,1-4H3/b25-16+. The number of carbonyl (C=O) groups excluding carboxylic acids is 2. The fourth-order valence-electron chi connectivity index (χ4n) is 3.79. The zero-order valence-electron chi connectivity index (χ0n) is 19.6. The maximum Gasteiger partial charge on any atom is 0.331 e. The second-order valence-corrected chi connectivity index (χ2v) is 7.96. The van der Waals surface area contributed by atoms with Crippen molar-refractivity contribution in [3.05, 3.63) is 52.1 Å². The molecule has 3 rings (SSSR count). The van der Waals surface area contributed by atoms with E-state index in [1.54, 1.807) is 27.0 Å². The number of aryl methyl sites for hydroxylation is 1. The highest BCUT2D eigenvalue weighted by atomic mass is 16.7. The van der Waals surface area contributed by atoms with Gasteiger partial charge in [0.2, 0.25) is 0 Å². The Labute approximate surface area is 196 Å². The van der Waals surface area contributed by atoms with Gasteiger partial charge >= 0.3 is 11.9 Å². The van der Waals surface area contributed by atoms with E-state index in [9.17, 15) is 19.7 Å². The Hall–Kier alpha value is -3.79. The van der Waals surface area contributed by atoms with Crippen LogP contribution in [0.1, 0.15) is 39.2 Å².